The van der Waals surface area contributed by atoms with Gasteiger partial charge in [-0.25, -0.2) is 0 Å². The Kier molecular flexibility index (Phi) is 5.45. The molecule has 0 aliphatic carbocycles. The highest BCUT2D eigenvalue weighted by atomic mass is 35.5. The first kappa shape index (κ1) is 16.1. The predicted molar refractivity (Wildman–Crippen MR) is 79.6 cm³/mol. The van der Waals surface area contributed by atoms with Gasteiger partial charge in [-0.05, 0) is 32.0 Å². The van der Waals surface area contributed by atoms with E-state index in [9.17, 15) is 9.90 Å². The molecule has 1 fully saturated rings. The summed E-state index contributed by atoms with van der Waals surface area (Å²) < 4.78 is 11.0. The minimum atomic E-state index is -0.718. The molecule has 1 aliphatic rings. The van der Waals surface area contributed by atoms with Crippen LogP contribution in [0.5, 0.6) is 5.75 Å². The van der Waals surface area contributed by atoms with Gasteiger partial charge in [0.1, 0.15) is 5.75 Å². The summed E-state index contributed by atoms with van der Waals surface area (Å²) in [6.07, 6.45) is -1.34. The van der Waals surface area contributed by atoms with Crippen LogP contribution in [0.15, 0.2) is 18.2 Å². The summed E-state index contributed by atoms with van der Waals surface area (Å²) in [6.45, 7) is 5.61. The van der Waals surface area contributed by atoms with E-state index in [4.69, 9.17) is 21.1 Å². The maximum Gasteiger partial charge on any atom is 0.263 e. The Labute approximate surface area is 129 Å². The number of hydrogen-bond donors (Lipinski definition) is 1. The number of rotatable bonds is 4. The number of halogens is 1. The number of carbonyl (C=O) groups excluding carboxylic acids is 1. The third-order valence-electron chi connectivity index (χ3n) is 3.40. The van der Waals surface area contributed by atoms with Crippen LogP contribution in [-0.4, -0.2) is 48.3 Å². The lowest BCUT2D eigenvalue weighted by Crippen LogP contribution is -2.46. The van der Waals surface area contributed by atoms with E-state index in [1.165, 1.54) is 0 Å². The molecule has 0 spiro atoms. The van der Waals surface area contributed by atoms with E-state index in [0.717, 1.165) is 0 Å². The average Bonchev–Trinajstić information content (AvgIpc) is 2.49. The summed E-state index contributed by atoms with van der Waals surface area (Å²) in [5, 5.41) is 10.3. The molecule has 1 heterocycles. The van der Waals surface area contributed by atoms with Crippen molar-refractivity contribution in [3.63, 3.8) is 0 Å². The standard InChI is InChI=1S/C15H20ClNO4/c1-10(18)13-9-12(16)3-4-14(13)21-11(2)15(19)17-5-7-20-8-6-17/h3-4,9-11,18H,5-8H2,1-2H3/t10-,11?/m1/s1. The zero-order chi connectivity index (χ0) is 15.4. The van der Waals surface area contributed by atoms with Gasteiger partial charge in [0.15, 0.2) is 6.10 Å². The summed E-state index contributed by atoms with van der Waals surface area (Å²) in [7, 11) is 0. The van der Waals surface area contributed by atoms with Gasteiger partial charge < -0.3 is 19.5 Å². The lowest BCUT2D eigenvalue weighted by molar-refractivity contribution is -0.142. The highest BCUT2D eigenvalue weighted by Gasteiger charge is 2.24. The van der Waals surface area contributed by atoms with E-state index < -0.39 is 12.2 Å². The smallest absolute Gasteiger partial charge is 0.263 e. The molecule has 0 saturated carbocycles. The van der Waals surface area contributed by atoms with Crippen LogP contribution in [0.2, 0.25) is 5.02 Å². The summed E-state index contributed by atoms with van der Waals surface area (Å²) in [6, 6.07) is 5.00. The Morgan fingerprint density at radius 1 is 1.38 bits per heavy atom. The van der Waals surface area contributed by atoms with Gasteiger partial charge in [0, 0.05) is 23.7 Å². The Morgan fingerprint density at radius 2 is 2.05 bits per heavy atom. The van der Waals surface area contributed by atoms with Gasteiger partial charge in [0.05, 0.1) is 19.3 Å². The van der Waals surface area contributed by atoms with Crippen molar-refractivity contribution in [1.29, 1.82) is 0 Å². The fourth-order valence-electron chi connectivity index (χ4n) is 2.23. The molecule has 2 atom stereocenters. The van der Waals surface area contributed by atoms with Crippen LogP contribution in [0.25, 0.3) is 0 Å². The molecule has 0 aromatic heterocycles. The minimum Gasteiger partial charge on any atom is -0.481 e. The van der Waals surface area contributed by atoms with Crippen LogP contribution in [0.4, 0.5) is 0 Å². The van der Waals surface area contributed by atoms with Crippen LogP contribution in [0.1, 0.15) is 25.5 Å². The van der Waals surface area contributed by atoms with Crippen LogP contribution >= 0.6 is 11.6 Å². The number of nitrogens with zero attached hydrogens (tertiary/aromatic N) is 1. The number of amides is 1. The molecule has 1 aromatic carbocycles. The molecule has 1 unspecified atom stereocenters. The first-order valence-corrected chi connectivity index (χ1v) is 7.37. The summed E-state index contributed by atoms with van der Waals surface area (Å²) in [5.74, 6) is 0.397. The number of carbonyl (C=O) groups is 1. The van der Waals surface area contributed by atoms with Gasteiger partial charge in [0.25, 0.3) is 5.91 Å². The van der Waals surface area contributed by atoms with Crippen LogP contribution in [-0.2, 0) is 9.53 Å². The third kappa shape index (κ3) is 4.09. The monoisotopic (exact) mass is 313 g/mol. The fraction of sp³-hybridized carbons (Fsp3) is 0.533. The van der Waals surface area contributed by atoms with Gasteiger partial charge in [-0.1, -0.05) is 11.6 Å². The third-order valence-corrected chi connectivity index (χ3v) is 3.63. The molecule has 1 N–H and O–H groups in total. The zero-order valence-electron chi connectivity index (χ0n) is 12.2. The molecule has 0 radical (unpaired) electrons. The topological polar surface area (TPSA) is 59.0 Å². The van der Waals surface area contributed by atoms with Gasteiger partial charge in [-0.2, -0.15) is 0 Å². The van der Waals surface area contributed by atoms with Crippen LogP contribution in [0, 0.1) is 0 Å². The lowest BCUT2D eigenvalue weighted by atomic mass is 10.1. The number of benzene rings is 1. The number of morpholine rings is 1. The highest BCUT2D eigenvalue weighted by molar-refractivity contribution is 6.30. The molecule has 6 heteroatoms. The molecule has 2 rings (SSSR count). The second-order valence-electron chi connectivity index (χ2n) is 5.06. The van der Waals surface area contributed by atoms with Crippen molar-refractivity contribution in [3.8, 4) is 5.75 Å². The Hall–Kier alpha value is -1.30. The predicted octanol–water partition coefficient (Wildman–Crippen LogP) is 2.02. The Morgan fingerprint density at radius 3 is 2.67 bits per heavy atom. The van der Waals surface area contributed by atoms with E-state index in [-0.39, 0.29) is 5.91 Å². The first-order chi connectivity index (χ1) is 9.99. The second kappa shape index (κ2) is 7.11. The number of hydrogen-bond acceptors (Lipinski definition) is 4. The van der Waals surface area contributed by atoms with Crippen LogP contribution in [0.3, 0.4) is 0 Å². The number of aliphatic hydroxyl groups excluding tert-OH is 1. The molecule has 1 saturated heterocycles. The van der Waals surface area contributed by atoms with Crippen molar-refractivity contribution in [1.82, 2.24) is 4.90 Å². The zero-order valence-corrected chi connectivity index (χ0v) is 13.0. The summed E-state index contributed by atoms with van der Waals surface area (Å²) in [5.41, 5.74) is 0.573. The largest absolute Gasteiger partial charge is 0.481 e. The van der Waals surface area contributed by atoms with Crippen molar-refractivity contribution in [3.05, 3.63) is 28.8 Å². The summed E-state index contributed by atoms with van der Waals surface area (Å²) >= 11 is 5.93. The summed E-state index contributed by atoms with van der Waals surface area (Å²) in [4.78, 5) is 14.0. The molecular weight excluding hydrogens is 294 g/mol. The van der Waals surface area contributed by atoms with Gasteiger partial charge in [0.2, 0.25) is 0 Å². The van der Waals surface area contributed by atoms with Gasteiger partial charge >= 0.3 is 0 Å². The van der Waals surface area contributed by atoms with Crippen molar-refractivity contribution in [2.75, 3.05) is 26.3 Å². The quantitative estimate of drug-likeness (QED) is 0.924. The molecule has 116 valence electrons. The minimum absolute atomic E-state index is 0.0789. The van der Waals surface area contributed by atoms with Gasteiger partial charge in [-0.3, -0.25) is 4.79 Å². The van der Waals surface area contributed by atoms with E-state index in [1.807, 2.05) is 0 Å². The number of aliphatic hydroxyl groups is 1. The first-order valence-electron chi connectivity index (χ1n) is 6.99. The van der Waals surface area contributed by atoms with Crippen molar-refractivity contribution in [2.45, 2.75) is 26.1 Å². The molecular formula is C15H20ClNO4. The van der Waals surface area contributed by atoms with Crippen LogP contribution < -0.4 is 4.74 Å². The second-order valence-corrected chi connectivity index (χ2v) is 5.49. The number of ether oxygens (including phenoxy) is 2. The van der Waals surface area contributed by atoms with E-state index in [0.29, 0.717) is 42.6 Å². The van der Waals surface area contributed by atoms with Gasteiger partial charge in [-0.15, -0.1) is 0 Å². The maximum absolute atomic E-state index is 12.3. The molecule has 1 aromatic rings. The Bertz CT molecular complexity index is 500. The van der Waals surface area contributed by atoms with Crippen molar-refractivity contribution >= 4 is 17.5 Å². The lowest BCUT2D eigenvalue weighted by Gasteiger charge is -2.29. The molecule has 0 bridgehead atoms. The van der Waals surface area contributed by atoms with Crippen molar-refractivity contribution in [2.24, 2.45) is 0 Å². The van der Waals surface area contributed by atoms with E-state index >= 15 is 0 Å². The molecule has 5 nitrogen and oxygen atoms in total. The molecule has 21 heavy (non-hydrogen) atoms. The molecule has 1 amide bonds. The van der Waals surface area contributed by atoms with E-state index in [2.05, 4.69) is 0 Å². The SMILES string of the molecule is CC(Oc1ccc(Cl)cc1[C@@H](C)O)C(=O)N1CCOCC1. The maximum atomic E-state index is 12.3. The van der Waals surface area contributed by atoms with Crippen molar-refractivity contribution < 1.29 is 19.4 Å². The fourth-order valence-corrected chi connectivity index (χ4v) is 2.42. The van der Waals surface area contributed by atoms with E-state index in [1.54, 1.807) is 36.9 Å². The average molecular weight is 314 g/mol. The highest BCUT2D eigenvalue weighted by Crippen LogP contribution is 2.29. The normalized spacial score (nSPS) is 18.2. The molecule has 1 aliphatic heterocycles. The Balaban J connectivity index is 2.08.